The molecule has 2 aromatic rings. The number of carbonyl (C=O) groups excluding carboxylic acids is 2. The Kier molecular flexibility index (Phi) is 7.76. The summed E-state index contributed by atoms with van der Waals surface area (Å²) in [5, 5.41) is 8.60. The molecule has 0 aliphatic heterocycles. The van der Waals surface area contributed by atoms with E-state index in [4.69, 9.17) is 0 Å². The van der Waals surface area contributed by atoms with Crippen molar-refractivity contribution < 1.29 is 14.0 Å². The van der Waals surface area contributed by atoms with Crippen molar-refractivity contribution >= 4 is 29.9 Å². The minimum Gasteiger partial charge on any atom is -0.348 e. The molecule has 2 aromatic carbocycles. The van der Waals surface area contributed by atoms with Gasteiger partial charge in [0.1, 0.15) is 5.82 Å². The summed E-state index contributed by atoms with van der Waals surface area (Å²) in [6.45, 7) is 1.28. The van der Waals surface area contributed by atoms with Crippen LogP contribution in [0.15, 0.2) is 48.5 Å². The highest BCUT2D eigenvalue weighted by molar-refractivity contribution is 5.96. The third-order valence-corrected chi connectivity index (χ3v) is 4.24. The second-order valence-electron chi connectivity index (χ2n) is 6.47. The van der Waals surface area contributed by atoms with E-state index in [1.165, 1.54) is 18.9 Å². The molecule has 3 rings (SSSR count). The van der Waals surface area contributed by atoms with Gasteiger partial charge in [0.2, 0.25) is 5.91 Å². The van der Waals surface area contributed by atoms with E-state index in [0.29, 0.717) is 16.8 Å². The van der Waals surface area contributed by atoms with Crippen LogP contribution in [0.2, 0.25) is 0 Å². The number of carbonyl (C=O) groups is 2. The topological polar surface area (TPSA) is 70.2 Å². The molecule has 0 spiro atoms. The summed E-state index contributed by atoms with van der Waals surface area (Å²) in [6, 6.07) is 12.9. The fourth-order valence-corrected chi connectivity index (χ4v) is 2.54. The molecule has 3 N–H and O–H groups in total. The molecule has 5 nitrogen and oxygen atoms in total. The largest absolute Gasteiger partial charge is 0.348 e. The highest BCUT2D eigenvalue weighted by atomic mass is 35.5. The number of anilines is 1. The predicted molar refractivity (Wildman–Crippen MR) is 105 cm³/mol. The lowest BCUT2D eigenvalue weighted by atomic mass is 10.1. The monoisotopic (exact) mass is 391 g/mol. The summed E-state index contributed by atoms with van der Waals surface area (Å²) in [5.74, 6) is -0.0225. The van der Waals surface area contributed by atoms with Gasteiger partial charge in [-0.15, -0.1) is 12.4 Å². The maximum Gasteiger partial charge on any atom is 0.251 e. The van der Waals surface area contributed by atoms with Crippen molar-refractivity contribution in [1.82, 2.24) is 10.6 Å². The first-order chi connectivity index (χ1) is 12.6. The lowest BCUT2D eigenvalue weighted by Gasteiger charge is -2.09. The van der Waals surface area contributed by atoms with Gasteiger partial charge in [0.25, 0.3) is 5.91 Å². The Labute approximate surface area is 164 Å². The van der Waals surface area contributed by atoms with Gasteiger partial charge < -0.3 is 16.0 Å². The number of halogens is 2. The first-order valence-corrected chi connectivity index (χ1v) is 8.74. The third kappa shape index (κ3) is 6.66. The van der Waals surface area contributed by atoms with Gasteiger partial charge >= 0.3 is 0 Å². The highest BCUT2D eigenvalue weighted by Crippen LogP contribution is 2.27. The fourth-order valence-electron chi connectivity index (χ4n) is 2.54. The van der Waals surface area contributed by atoms with Crippen LogP contribution in [0.5, 0.6) is 0 Å². The molecule has 1 aliphatic rings. The molecule has 1 aliphatic carbocycles. The van der Waals surface area contributed by atoms with E-state index < -0.39 is 0 Å². The van der Waals surface area contributed by atoms with E-state index >= 15 is 0 Å². The van der Waals surface area contributed by atoms with Crippen molar-refractivity contribution in [2.24, 2.45) is 5.92 Å². The van der Waals surface area contributed by atoms with Crippen LogP contribution < -0.4 is 16.0 Å². The molecule has 27 heavy (non-hydrogen) atoms. The summed E-state index contributed by atoms with van der Waals surface area (Å²) in [7, 11) is 0. The van der Waals surface area contributed by atoms with E-state index in [2.05, 4.69) is 16.0 Å². The SMILES string of the molecule is Cl.O=C(CNCC1CC1)Nc1ccc(C(=O)NCc2ccccc2F)cc1. The number of rotatable bonds is 8. The average molecular weight is 392 g/mol. The summed E-state index contributed by atoms with van der Waals surface area (Å²) in [5.41, 5.74) is 1.52. The molecule has 144 valence electrons. The van der Waals surface area contributed by atoms with Crippen LogP contribution in [-0.2, 0) is 11.3 Å². The molecule has 0 heterocycles. The molecule has 1 fully saturated rings. The molecule has 2 amide bonds. The van der Waals surface area contributed by atoms with Gasteiger partial charge in [0.05, 0.1) is 6.54 Å². The van der Waals surface area contributed by atoms with Gasteiger partial charge in [-0.1, -0.05) is 18.2 Å². The highest BCUT2D eigenvalue weighted by Gasteiger charge is 2.20. The maximum atomic E-state index is 13.6. The predicted octanol–water partition coefficient (Wildman–Crippen LogP) is 3.12. The smallest absolute Gasteiger partial charge is 0.251 e. The Morgan fingerprint density at radius 1 is 1.04 bits per heavy atom. The molecule has 7 heteroatoms. The van der Waals surface area contributed by atoms with Crippen molar-refractivity contribution in [3.8, 4) is 0 Å². The minimum absolute atomic E-state index is 0. The van der Waals surface area contributed by atoms with Crippen LogP contribution in [-0.4, -0.2) is 24.9 Å². The van der Waals surface area contributed by atoms with Crippen molar-refractivity contribution in [1.29, 1.82) is 0 Å². The van der Waals surface area contributed by atoms with Gasteiger partial charge in [-0.3, -0.25) is 9.59 Å². The molecule has 1 saturated carbocycles. The molecule has 0 unspecified atom stereocenters. The molecule has 0 bridgehead atoms. The van der Waals surface area contributed by atoms with Gasteiger partial charge in [-0.2, -0.15) is 0 Å². The van der Waals surface area contributed by atoms with Crippen LogP contribution >= 0.6 is 12.4 Å². The molecular formula is C20H23ClFN3O2. The number of nitrogens with one attached hydrogen (secondary N) is 3. The van der Waals surface area contributed by atoms with E-state index in [1.807, 2.05) is 0 Å². The summed E-state index contributed by atoms with van der Waals surface area (Å²) >= 11 is 0. The molecular weight excluding hydrogens is 369 g/mol. The summed E-state index contributed by atoms with van der Waals surface area (Å²) in [6.07, 6.45) is 2.49. The maximum absolute atomic E-state index is 13.6. The van der Waals surface area contributed by atoms with Gasteiger partial charge in [0.15, 0.2) is 0 Å². The first-order valence-electron chi connectivity index (χ1n) is 8.74. The van der Waals surface area contributed by atoms with Gasteiger partial charge in [-0.05, 0) is 55.6 Å². The van der Waals surface area contributed by atoms with Crippen LogP contribution in [0.4, 0.5) is 10.1 Å². The van der Waals surface area contributed by atoms with Crippen molar-refractivity contribution in [2.45, 2.75) is 19.4 Å². The quantitative estimate of drug-likeness (QED) is 0.647. The average Bonchev–Trinajstić information content (AvgIpc) is 3.46. The Morgan fingerprint density at radius 2 is 1.74 bits per heavy atom. The van der Waals surface area contributed by atoms with Gasteiger partial charge in [0, 0.05) is 23.4 Å². The van der Waals surface area contributed by atoms with E-state index in [-0.39, 0.29) is 43.1 Å². The van der Waals surface area contributed by atoms with E-state index in [1.54, 1.807) is 42.5 Å². The number of hydrogen-bond acceptors (Lipinski definition) is 3. The Balaban J connectivity index is 0.00000261. The number of benzene rings is 2. The van der Waals surface area contributed by atoms with Crippen LogP contribution in [0, 0.1) is 11.7 Å². The molecule has 0 atom stereocenters. The van der Waals surface area contributed by atoms with Crippen molar-refractivity contribution in [2.75, 3.05) is 18.4 Å². The van der Waals surface area contributed by atoms with Crippen LogP contribution in [0.25, 0.3) is 0 Å². The summed E-state index contributed by atoms with van der Waals surface area (Å²) < 4.78 is 13.6. The second-order valence-corrected chi connectivity index (χ2v) is 6.47. The van der Waals surface area contributed by atoms with Crippen molar-refractivity contribution in [3.63, 3.8) is 0 Å². The number of amides is 2. The van der Waals surface area contributed by atoms with Crippen LogP contribution in [0.3, 0.4) is 0 Å². The zero-order chi connectivity index (χ0) is 18.4. The number of hydrogen-bond donors (Lipinski definition) is 3. The fraction of sp³-hybridized carbons (Fsp3) is 0.300. The standard InChI is InChI=1S/C20H22FN3O2.ClH/c21-18-4-2-1-3-16(18)12-23-20(26)15-7-9-17(10-8-15)24-19(25)13-22-11-14-5-6-14;/h1-4,7-10,14,22H,5-6,11-13H2,(H,23,26)(H,24,25);1H. The minimum atomic E-state index is -0.346. The van der Waals surface area contributed by atoms with Crippen molar-refractivity contribution in [3.05, 3.63) is 65.5 Å². The van der Waals surface area contributed by atoms with E-state index in [9.17, 15) is 14.0 Å². The first kappa shape index (κ1) is 20.9. The Hall–Kier alpha value is -2.44. The molecule has 0 saturated heterocycles. The normalized spacial score (nSPS) is 12.8. The zero-order valence-electron chi connectivity index (χ0n) is 14.8. The lowest BCUT2D eigenvalue weighted by molar-refractivity contribution is -0.115. The zero-order valence-corrected chi connectivity index (χ0v) is 15.7. The summed E-state index contributed by atoms with van der Waals surface area (Å²) in [4.78, 5) is 24.0. The molecule has 0 radical (unpaired) electrons. The van der Waals surface area contributed by atoms with Crippen LogP contribution in [0.1, 0.15) is 28.8 Å². The van der Waals surface area contributed by atoms with E-state index in [0.717, 1.165) is 12.5 Å². The third-order valence-electron chi connectivity index (χ3n) is 4.24. The lowest BCUT2D eigenvalue weighted by Crippen LogP contribution is -2.29. The Morgan fingerprint density at radius 3 is 2.41 bits per heavy atom. The van der Waals surface area contributed by atoms with Gasteiger partial charge in [-0.25, -0.2) is 4.39 Å². The Bertz CT molecular complexity index is 779. The second kappa shape index (κ2) is 10.0. The molecule has 0 aromatic heterocycles.